The molecule has 1 N–H and O–H groups in total. The number of thiophene rings is 1. The molecule has 1 aromatic rings. The van der Waals surface area contributed by atoms with Gasteiger partial charge in [0.15, 0.2) is 0 Å². The molecule has 1 aromatic heterocycles. The van der Waals surface area contributed by atoms with Crippen molar-refractivity contribution in [3.8, 4) is 0 Å². The molecule has 10 heavy (non-hydrogen) atoms. The smallest absolute Gasteiger partial charge is 0.0977 e. The third-order valence-corrected chi connectivity index (χ3v) is 2.68. The van der Waals surface area contributed by atoms with Crippen molar-refractivity contribution >= 4 is 27.3 Å². The SMILES string of the molecule is C=CC(O)c1csc(Br)c1. The molecule has 0 saturated carbocycles. The summed E-state index contributed by atoms with van der Waals surface area (Å²) in [6.45, 7) is 3.49. The maximum atomic E-state index is 9.21. The van der Waals surface area contributed by atoms with E-state index in [0.717, 1.165) is 9.35 Å². The van der Waals surface area contributed by atoms with Crippen LogP contribution in [-0.4, -0.2) is 5.11 Å². The lowest BCUT2D eigenvalue weighted by molar-refractivity contribution is 0.229. The third kappa shape index (κ3) is 1.68. The minimum atomic E-state index is -0.525. The quantitative estimate of drug-likeness (QED) is 0.758. The van der Waals surface area contributed by atoms with Gasteiger partial charge in [-0.3, -0.25) is 0 Å². The van der Waals surface area contributed by atoms with Crippen molar-refractivity contribution in [1.29, 1.82) is 0 Å². The molecule has 1 nitrogen and oxygen atoms in total. The van der Waals surface area contributed by atoms with E-state index in [-0.39, 0.29) is 0 Å². The van der Waals surface area contributed by atoms with Crippen molar-refractivity contribution in [3.63, 3.8) is 0 Å². The van der Waals surface area contributed by atoms with E-state index in [9.17, 15) is 5.11 Å². The standard InChI is InChI=1S/C7H7BrOS/c1-2-6(9)5-3-7(8)10-4-5/h2-4,6,9H,1H2. The Labute approximate surface area is 72.1 Å². The zero-order chi connectivity index (χ0) is 7.56. The lowest BCUT2D eigenvalue weighted by Gasteiger charge is -1.98. The number of aliphatic hydroxyl groups is 1. The number of rotatable bonds is 2. The highest BCUT2D eigenvalue weighted by Gasteiger charge is 2.03. The summed E-state index contributed by atoms with van der Waals surface area (Å²) in [5.74, 6) is 0. The molecule has 0 aromatic carbocycles. The average molecular weight is 219 g/mol. The van der Waals surface area contributed by atoms with Gasteiger partial charge in [-0.2, -0.15) is 0 Å². The average Bonchev–Trinajstić information content (AvgIpc) is 2.34. The topological polar surface area (TPSA) is 20.2 Å². The lowest BCUT2D eigenvalue weighted by atomic mass is 10.2. The van der Waals surface area contributed by atoms with Crippen LogP contribution in [0.2, 0.25) is 0 Å². The summed E-state index contributed by atoms with van der Waals surface area (Å²) in [6, 6.07) is 1.89. The highest BCUT2D eigenvalue weighted by molar-refractivity contribution is 9.11. The first-order valence-electron chi connectivity index (χ1n) is 2.78. The molecule has 0 aliphatic carbocycles. The number of hydrogen-bond donors (Lipinski definition) is 1. The fourth-order valence-electron chi connectivity index (χ4n) is 0.615. The van der Waals surface area contributed by atoms with Gasteiger partial charge in [0.05, 0.1) is 9.89 Å². The Morgan fingerprint density at radius 3 is 2.90 bits per heavy atom. The highest BCUT2D eigenvalue weighted by atomic mass is 79.9. The fraction of sp³-hybridized carbons (Fsp3) is 0.143. The van der Waals surface area contributed by atoms with Crippen molar-refractivity contribution in [1.82, 2.24) is 0 Å². The summed E-state index contributed by atoms with van der Waals surface area (Å²) in [7, 11) is 0. The van der Waals surface area contributed by atoms with Crippen LogP contribution >= 0.6 is 27.3 Å². The zero-order valence-electron chi connectivity index (χ0n) is 5.25. The van der Waals surface area contributed by atoms with E-state index in [4.69, 9.17) is 0 Å². The Kier molecular flexibility index (Phi) is 2.65. The van der Waals surface area contributed by atoms with Gasteiger partial charge in [-0.25, -0.2) is 0 Å². The molecular weight excluding hydrogens is 212 g/mol. The van der Waals surface area contributed by atoms with Crippen molar-refractivity contribution in [3.05, 3.63) is 33.5 Å². The predicted molar refractivity (Wildman–Crippen MR) is 47.2 cm³/mol. The summed E-state index contributed by atoms with van der Waals surface area (Å²) in [6.07, 6.45) is 0.983. The monoisotopic (exact) mass is 218 g/mol. The normalized spacial score (nSPS) is 13.0. The number of aliphatic hydroxyl groups excluding tert-OH is 1. The van der Waals surface area contributed by atoms with E-state index >= 15 is 0 Å². The highest BCUT2D eigenvalue weighted by Crippen LogP contribution is 2.25. The Hall–Kier alpha value is -0.120. The zero-order valence-corrected chi connectivity index (χ0v) is 7.65. The maximum Gasteiger partial charge on any atom is 0.0977 e. The van der Waals surface area contributed by atoms with Gasteiger partial charge in [0.1, 0.15) is 0 Å². The van der Waals surface area contributed by atoms with Crippen molar-refractivity contribution in [2.24, 2.45) is 0 Å². The predicted octanol–water partition coefficient (Wildman–Crippen LogP) is 2.73. The summed E-state index contributed by atoms with van der Waals surface area (Å²) < 4.78 is 1.03. The number of halogens is 1. The minimum absolute atomic E-state index is 0.525. The molecule has 0 amide bonds. The van der Waals surface area contributed by atoms with Crippen LogP contribution in [0.25, 0.3) is 0 Å². The molecule has 1 atom stereocenters. The van der Waals surface area contributed by atoms with Crippen LogP contribution in [0.3, 0.4) is 0 Å². The first-order valence-corrected chi connectivity index (χ1v) is 4.46. The van der Waals surface area contributed by atoms with Crippen LogP contribution < -0.4 is 0 Å². The number of hydrogen-bond acceptors (Lipinski definition) is 2. The van der Waals surface area contributed by atoms with Crippen molar-refractivity contribution in [2.45, 2.75) is 6.10 Å². The molecule has 0 aliphatic heterocycles. The van der Waals surface area contributed by atoms with Crippen LogP contribution in [0, 0.1) is 0 Å². The molecule has 0 fully saturated rings. The Bertz CT molecular complexity index is 231. The van der Waals surface area contributed by atoms with Crippen LogP contribution in [-0.2, 0) is 0 Å². The van der Waals surface area contributed by atoms with Gasteiger partial charge in [0, 0.05) is 0 Å². The molecule has 3 heteroatoms. The van der Waals surface area contributed by atoms with E-state index in [1.165, 1.54) is 6.08 Å². The molecule has 0 radical (unpaired) electrons. The molecule has 1 rings (SSSR count). The summed E-state index contributed by atoms with van der Waals surface area (Å²) >= 11 is 4.86. The van der Waals surface area contributed by atoms with Crippen molar-refractivity contribution < 1.29 is 5.11 Å². The summed E-state index contributed by atoms with van der Waals surface area (Å²) in [5.41, 5.74) is 0.895. The van der Waals surface area contributed by atoms with Crippen LogP contribution in [0.5, 0.6) is 0 Å². The second-order valence-corrected chi connectivity index (χ2v) is 4.16. The van der Waals surface area contributed by atoms with E-state index in [2.05, 4.69) is 22.5 Å². The van der Waals surface area contributed by atoms with E-state index in [0.29, 0.717) is 0 Å². The molecule has 1 unspecified atom stereocenters. The first kappa shape index (κ1) is 7.98. The molecule has 1 heterocycles. The molecule has 0 spiro atoms. The Morgan fingerprint density at radius 1 is 1.80 bits per heavy atom. The molecule has 0 bridgehead atoms. The van der Waals surface area contributed by atoms with Gasteiger partial charge < -0.3 is 5.11 Å². The second kappa shape index (κ2) is 3.32. The van der Waals surface area contributed by atoms with Gasteiger partial charge >= 0.3 is 0 Å². The van der Waals surface area contributed by atoms with Crippen LogP contribution in [0.1, 0.15) is 11.7 Å². The molecule has 0 aliphatic rings. The van der Waals surface area contributed by atoms with E-state index in [1.54, 1.807) is 11.3 Å². The van der Waals surface area contributed by atoms with Crippen LogP contribution in [0.15, 0.2) is 27.9 Å². The summed E-state index contributed by atoms with van der Waals surface area (Å²) in [5, 5.41) is 11.1. The van der Waals surface area contributed by atoms with E-state index in [1.807, 2.05) is 11.4 Å². The molecular formula is C7H7BrOS. The fourth-order valence-corrected chi connectivity index (χ4v) is 1.82. The van der Waals surface area contributed by atoms with Gasteiger partial charge in [-0.05, 0) is 32.9 Å². The summed E-state index contributed by atoms with van der Waals surface area (Å²) in [4.78, 5) is 0. The van der Waals surface area contributed by atoms with E-state index < -0.39 is 6.10 Å². The Morgan fingerprint density at radius 2 is 2.50 bits per heavy atom. The minimum Gasteiger partial charge on any atom is -0.384 e. The first-order chi connectivity index (χ1) is 4.74. The largest absolute Gasteiger partial charge is 0.384 e. The van der Waals surface area contributed by atoms with Gasteiger partial charge in [0.25, 0.3) is 0 Å². The molecule has 54 valence electrons. The maximum absolute atomic E-state index is 9.21. The van der Waals surface area contributed by atoms with Crippen LogP contribution in [0.4, 0.5) is 0 Å². The van der Waals surface area contributed by atoms with Gasteiger partial charge in [-0.1, -0.05) is 6.08 Å². The van der Waals surface area contributed by atoms with Gasteiger partial charge in [-0.15, -0.1) is 17.9 Å². The Balaban J connectivity index is 2.84. The lowest BCUT2D eigenvalue weighted by Crippen LogP contribution is -1.87. The van der Waals surface area contributed by atoms with Crippen molar-refractivity contribution in [2.75, 3.05) is 0 Å². The second-order valence-electron chi connectivity index (χ2n) is 1.86. The third-order valence-electron chi connectivity index (χ3n) is 1.15. The van der Waals surface area contributed by atoms with Gasteiger partial charge in [0.2, 0.25) is 0 Å². The molecule has 0 saturated heterocycles.